The molecule has 0 saturated heterocycles. The Balaban J connectivity index is 2.06. The maximum atomic E-state index is 13.5. The second kappa shape index (κ2) is 7.43. The van der Waals surface area contributed by atoms with Crippen LogP contribution in [0.3, 0.4) is 0 Å². The number of methoxy groups -OCH3 is 1. The number of hydrogen-bond donors (Lipinski definition) is 1. The van der Waals surface area contributed by atoms with Crippen LogP contribution >= 0.6 is 11.6 Å². The maximum absolute atomic E-state index is 13.5. The molecule has 2 aromatic carbocycles. The molecule has 1 N–H and O–H groups in total. The van der Waals surface area contributed by atoms with E-state index in [4.69, 9.17) is 16.3 Å². The van der Waals surface area contributed by atoms with Gasteiger partial charge < -0.3 is 10.1 Å². The van der Waals surface area contributed by atoms with E-state index in [1.807, 2.05) is 37.4 Å². The van der Waals surface area contributed by atoms with Crippen LogP contribution in [0.4, 0.5) is 4.39 Å². The molecule has 2 nitrogen and oxygen atoms in total. The van der Waals surface area contributed by atoms with Gasteiger partial charge in [-0.3, -0.25) is 0 Å². The van der Waals surface area contributed by atoms with E-state index in [0.717, 1.165) is 24.2 Å². The SMILES string of the molecule is CNC(CCc1ccc(OC)cc1)c1cccc(F)c1Cl. The molecule has 1 atom stereocenters. The van der Waals surface area contributed by atoms with Crippen LogP contribution < -0.4 is 10.1 Å². The summed E-state index contributed by atoms with van der Waals surface area (Å²) in [5.74, 6) is 0.468. The molecular weight excluding hydrogens is 289 g/mol. The van der Waals surface area contributed by atoms with Crippen molar-refractivity contribution < 1.29 is 9.13 Å². The highest BCUT2D eigenvalue weighted by molar-refractivity contribution is 6.31. The summed E-state index contributed by atoms with van der Waals surface area (Å²) in [5, 5.41) is 3.40. The third-order valence-corrected chi connectivity index (χ3v) is 3.98. The van der Waals surface area contributed by atoms with E-state index in [0.29, 0.717) is 0 Å². The minimum Gasteiger partial charge on any atom is -0.497 e. The summed E-state index contributed by atoms with van der Waals surface area (Å²) < 4.78 is 18.7. The van der Waals surface area contributed by atoms with Gasteiger partial charge in [0.25, 0.3) is 0 Å². The lowest BCUT2D eigenvalue weighted by Crippen LogP contribution is -2.17. The summed E-state index contributed by atoms with van der Waals surface area (Å²) in [6.45, 7) is 0. The third-order valence-electron chi connectivity index (χ3n) is 3.59. The predicted molar refractivity (Wildman–Crippen MR) is 84.5 cm³/mol. The molecule has 21 heavy (non-hydrogen) atoms. The van der Waals surface area contributed by atoms with Gasteiger partial charge in [-0.25, -0.2) is 4.39 Å². The summed E-state index contributed by atoms with van der Waals surface area (Å²) >= 11 is 6.06. The van der Waals surface area contributed by atoms with Crippen molar-refractivity contribution in [2.45, 2.75) is 18.9 Å². The molecule has 2 aromatic rings. The first-order chi connectivity index (χ1) is 10.2. The molecule has 0 heterocycles. The molecule has 0 aliphatic carbocycles. The van der Waals surface area contributed by atoms with Gasteiger partial charge in [0.15, 0.2) is 0 Å². The second-order valence-corrected chi connectivity index (χ2v) is 5.25. The smallest absolute Gasteiger partial charge is 0.142 e. The van der Waals surface area contributed by atoms with Gasteiger partial charge in [-0.15, -0.1) is 0 Å². The largest absolute Gasteiger partial charge is 0.497 e. The van der Waals surface area contributed by atoms with E-state index in [9.17, 15) is 4.39 Å². The van der Waals surface area contributed by atoms with E-state index in [2.05, 4.69) is 5.32 Å². The van der Waals surface area contributed by atoms with E-state index in [-0.39, 0.29) is 16.9 Å². The Kier molecular flexibility index (Phi) is 5.59. The van der Waals surface area contributed by atoms with Crippen LogP contribution in [-0.2, 0) is 6.42 Å². The van der Waals surface area contributed by atoms with Crippen LogP contribution in [0, 0.1) is 5.82 Å². The van der Waals surface area contributed by atoms with Crippen LogP contribution in [-0.4, -0.2) is 14.2 Å². The van der Waals surface area contributed by atoms with E-state index >= 15 is 0 Å². The number of halogens is 2. The van der Waals surface area contributed by atoms with Crippen molar-refractivity contribution in [3.8, 4) is 5.75 Å². The molecule has 0 aliphatic heterocycles. The highest BCUT2D eigenvalue weighted by Crippen LogP contribution is 2.28. The fourth-order valence-corrected chi connectivity index (χ4v) is 2.61. The molecule has 0 aliphatic rings. The molecule has 1 unspecified atom stereocenters. The molecule has 0 spiro atoms. The second-order valence-electron chi connectivity index (χ2n) is 4.87. The van der Waals surface area contributed by atoms with Crippen molar-refractivity contribution in [2.75, 3.05) is 14.2 Å². The lowest BCUT2D eigenvalue weighted by molar-refractivity contribution is 0.414. The minimum absolute atomic E-state index is 0.0234. The first kappa shape index (κ1) is 15.8. The zero-order valence-corrected chi connectivity index (χ0v) is 13.0. The topological polar surface area (TPSA) is 21.3 Å². The summed E-state index contributed by atoms with van der Waals surface area (Å²) in [6.07, 6.45) is 1.72. The number of hydrogen-bond acceptors (Lipinski definition) is 2. The van der Waals surface area contributed by atoms with E-state index in [1.54, 1.807) is 13.2 Å². The van der Waals surface area contributed by atoms with Gasteiger partial charge in [0.2, 0.25) is 0 Å². The lowest BCUT2D eigenvalue weighted by atomic mass is 9.99. The minimum atomic E-state index is -0.376. The number of aryl methyl sites for hydroxylation is 1. The van der Waals surface area contributed by atoms with Gasteiger partial charge in [0, 0.05) is 6.04 Å². The maximum Gasteiger partial charge on any atom is 0.142 e. The van der Waals surface area contributed by atoms with Crippen molar-refractivity contribution in [1.29, 1.82) is 0 Å². The fourth-order valence-electron chi connectivity index (χ4n) is 2.35. The van der Waals surface area contributed by atoms with Crippen LogP contribution in [0.2, 0.25) is 5.02 Å². The molecule has 0 aromatic heterocycles. The Bertz CT molecular complexity index is 586. The summed E-state index contributed by atoms with van der Waals surface area (Å²) in [6, 6.07) is 12.9. The van der Waals surface area contributed by atoms with E-state index in [1.165, 1.54) is 11.6 Å². The highest BCUT2D eigenvalue weighted by atomic mass is 35.5. The number of ether oxygens (including phenoxy) is 1. The Morgan fingerprint density at radius 3 is 2.52 bits per heavy atom. The molecule has 2 rings (SSSR count). The molecule has 0 radical (unpaired) electrons. The van der Waals surface area contributed by atoms with Crippen molar-refractivity contribution >= 4 is 11.6 Å². The van der Waals surface area contributed by atoms with Gasteiger partial charge in [-0.2, -0.15) is 0 Å². The zero-order valence-electron chi connectivity index (χ0n) is 12.2. The van der Waals surface area contributed by atoms with Gasteiger partial charge in [0.1, 0.15) is 11.6 Å². The molecule has 4 heteroatoms. The normalized spacial score (nSPS) is 12.2. The fraction of sp³-hybridized carbons (Fsp3) is 0.294. The first-order valence-corrected chi connectivity index (χ1v) is 7.27. The quantitative estimate of drug-likeness (QED) is 0.855. The van der Waals surface area contributed by atoms with Crippen molar-refractivity contribution in [3.63, 3.8) is 0 Å². The molecule has 0 saturated carbocycles. The van der Waals surface area contributed by atoms with Crippen LogP contribution in [0.15, 0.2) is 42.5 Å². The van der Waals surface area contributed by atoms with Crippen molar-refractivity contribution in [1.82, 2.24) is 5.32 Å². The molecule has 112 valence electrons. The van der Waals surface area contributed by atoms with Gasteiger partial charge in [-0.05, 0) is 49.2 Å². The molecule has 0 bridgehead atoms. The lowest BCUT2D eigenvalue weighted by Gasteiger charge is -2.18. The summed E-state index contributed by atoms with van der Waals surface area (Å²) in [5.41, 5.74) is 2.01. The monoisotopic (exact) mass is 307 g/mol. The van der Waals surface area contributed by atoms with Crippen molar-refractivity contribution in [3.05, 3.63) is 64.4 Å². The molecule has 0 amide bonds. The molecule has 0 fully saturated rings. The average Bonchev–Trinajstić information content (AvgIpc) is 2.52. The molecular formula is C17H19ClFNO. The third kappa shape index (κ3) is 3.96. The Morgan fingerprint density at radius 2 is 1.90 bits per heavy atom. The standard InChI is InChI=1S/C17H19ClFNO/c1-20-16(14-4-3-5-15(19)17(14)18)11-8-12-6-9-13(21-2)10-7-12/h3-7,9-10,16,20H,8,11H2,1-2H3. The number of nitrogens with one attached hydrogen (secondary N) is 1. The number of benzene rings is 2. The van der Waals surface area contributed by atoms with E-state index < -0.39 is 0 Å². The Hall–Kier alpha value is -1.58. The Morgan fingerprint density at radius 1 is 1.19 bits per heavy atom. The number of rotatable bonds is 6. The van der Waals surface area contributed by atoms with Crippen LogP contribution in [0.25, 0.3) is 0 Å². The van der Waals surface area contributed by atoms with Crippen molar-refractivity contribution in [2.24, 2.45) is 0 Å². The van der Waals surface area contributed by atoms with Crippen LogP contribution in [0.5, 0.6) is 5.75 Å². The highest BCUT2D eigenvalue weighted by Gasteiger charge is 2.15. The van der Waals surface area contributed by atoms with Gasteiger partial charge >= 0.3 is 0 Å². The Labute approximate surface area is 129 Å². The first-order valence-electron chi connectivity index (χ1n) is 6.89. The van der Waals surface area contributed by atoms with Gasteiger partial charge in [-0.1, -0.05) is 35.9 Å². The summed E-state index contributed by atoms with van der Waals surface area (Å²) in [7, 11) is 3.51. The predicted octanol–water partition coefficient (Wildman–Crippen LogP) is 4.38. The van der Waals surface area contributed by atoms with Crippen LogP contribution in [0.1, 0.15) is 23.6 Å². The van der Waals surface area contributed by atoms with Gasteiger partial charge in [0.05, 0.1) is 12.1 Å². The average molecular weight is 308 g/mol. The zero-order chi connectivity index (χ0) is 15.2. The summed E-state index contributed by atoms with van der Waals surface area (Å²) in [4.78, 5) is 0.